The highest BCUT2D eigenvalue weighted by Gasteiger charge is 2.54. The van der Waals surface area contributed by atoms with Crippen LogP contribution in [0.25, 0.3) is 0 Å². The molecule has 4 unspecified atom stereocenters. The zero-order valence-corrected chi connectivity index (χ0v) is 13.3. The van der Waals surface area contributed by atoms with Crippen molar-refractivity contribution in [3.63, 3.8) is 0 Å². The van der Waals surface area contributed by atoms with E-state index in [9.17, 15) is 14.3 Å². The van der Waals surface area contributed by atoms with E-state index in [4.69, 9.17) is 0 Å². The van der Waals surface area contributed by atoms with E-state index >= 15 is 0 Å². The quantitative estimate of drug-likeness (QED) is 0.888. The predicted octanol–water partition coefficient (Wildman–Crippen LogP) is 2.95. The second-order valence-corrected chi connectivity index (χ2v) is 6.84. The Hall–Kier alpha value is -2.20. The molecule has 0 heterocycles. The molecule has 0 aliphatic heterocycles. The minimum absolute atomic E-state index is 0.0396. The molecule has 0 spiro atoms. The number of fused-ring (bicyclic) bond motifs is 3. The van der Waals surface area contributed by atoms with E-state index in [-0.39, 0.29) is 12.3 Å². The number of hydrogen-bond donors (Lipinski definition) is 2. The summed E-state index contributed by atoms with van der Waals surface area (Å²) in [6.07, 6.45) is 0.0928. The van der Waals surface area contributed by atoms with Gasteiger partial charge in [0.2, 0.25) is 5.91 Å². The molecule has 3 nitrogen and oxygen atoms in total. The zero-order chi connectivity index (χ0) is 16.7. The molecule has 1 amide bonds. The Morgan fingerprint density at radius 1 is 1.25 bits per heavy atom. The van der Waals surface area contributed by atoms with E-state index in [0.717, 1.165) is 6.42 Å². The Morgan fingerprint density at radius 2 is 2.08 bits per heavy atom. The van der Waals surface area contributed by atoms with E-state index in [0.29, 0.717) is 29.9 Å². The Morgan fingerprint density at radius 3 is 2.92 bits per heavy atom. The number of benzene rings is 2. The first-order valence-electron chi connectivity index (χ1n) is 8.41. The molecule has 4 heteroatoms. The van der Waals surface area contributed by atoms with Gasteiger partial charge in [0.1, 0.15) is 5.82 Å². The summed E-state index contributed by atoms with van der Waals surface area (Å²) in [5.74, 6) is 1.14. The maximum absolute atomic E-state index is 13.2. The standard InChI is InChI=1S/C20H20FNO2/c21-14-6-3-5-13(8-14)18(23)10-19(24)22-11-17-16-9-12-4-1-2-7-15(12)20(16)17/h1-8,16-18,20,23H,9-11H2,(H,22,24). The Bertz CT molecular complexity index is 776. The Labute approximate surface area is 140 Å². The van der Waals surface area contributed by atoms with Crippen LogP contribution in [0.4, 0.5) is 4.39 Å². The molecule has 2 aliphatic carbocycles. The second kappa shape index (κ2) is 6.02. The van der Waals surface area contributed by atoms with Gasteiger partial charge in [-0.2, -0.15) is 0 Å². The molecule has 1 saturated carbocycles. The number of nitrogens with one attached hydrogen (secondary N) is 1. The van der Waals surface area contributed by atoms with Crippen molar-refractivity contribution in [2.45, 2.75) is 24.9 Å². The van der Waals surface area contributed by atoms with E-state index in [1.54, 1.807) is 6.07 Å². The van der Waals surface area contributed by atoms with Gasteiger partial charge in [-0.25, -0.2) is 4.39 Å². The van der Waals surface area contributed by atoms with E-state index < -0.39 is 11.9 Å². The van der Waals surface area contributed by atoms with E-state index in [1.165, 1.54) is 29.3 Å². The van der Waals surface area contributed by atoms with Crippen LogP contribution in [0.15, 0.2) is 48.5 Å². The number of rotatable bonds is 5. The molecule has 2 aromatic carbocycles. The zero-order valence-electron chi connectivity index (χ0n) is 13.3. The van der Waals surface area contributed by atoms with Gasteiger partial charge in [0.25, 0.3) is 0 Å². The smallest absolute Gasteiger partial charge is 0.222 e. The maximum Gasteiger partial charge on any atom is 0.222 e. The monoisotopic (exact) mass is 325 g/mol. The van der Waals surface area contributed by atoms with Crippen LogP contribution in [0.1, 0.15) is 35.1 Å². The van der Waals surface area contributed by atoms with Gasteiger partial charge in [0.05, 0.1) is 12.5 Å². The molecule has 4 atom stereocenters. The third-order valence-electron chi connectivity index (χ3n) is 5.35. The first kappa shape index (κ1) is 15.3. The Kier molecular flexibility index (Phi) is 3.85. The van der Waals surface area contributed by atoms with Gasteiger partial charge >= 0.3 is 0 Å². The average molecular weight is 325 g/mol. The highest BCUT2D eigenvalue weighted by Crippen LogP contribution is 2.60. The lowest BCUT2D eigenvalue weighted by Crippen LogP contribution is -2.28. The molecule has 24 heavy (non-hydrogen) atoms. The van der Waals surface area contributed by atoms with Gasteiger partial charge < -0.3 is 10.4 Å². The minimum Gasteiger partial charge on any atom is -0.388 e. The third kappa shape index (κ3) is 2.82. The van der Waals surface area contributed by atoms with Gasteiger partial charge in [0, 0.05) is 6.54 Å². The van der Waals surface area contributed by atoms with Crippen LogP contribution >= 0.6 is 0 Å². The first-order valence-corrected chi connectivity index (χ1v) is 8.41. The Balaban J connectivity index is 1.28. The van der Waals surface area contributed by atoms with Crippen LogP contribution in [-0.4, -0.2) is 17.6 Å². The molecule has 2 N–H and O–H groups in total. The van der Waals surface area contributed by atoms with Crippen LogP contribution in [-0.2, 0) is 11.2 Å². The largest absolute Gasteiger partial charge is 0.388 e. The van der Waals surface area contributed by atoms with Crippen LogP contribution in [0.2, 0.25) is 0 Å². The molecular formula is C20H20FNO2. The van der Waals surface area contributed by atoms with Crippen LogP contribution < -0.4 is 5.32 Å². The normalized spacial score (nSPS) is 24.8. The molecule has 124 valence electrons. The summed E-state index contributed by atoms with van der Waals surface area (Å²) in [4.78, 5) is 12.0. The lowest BCUT2D eigenvalue weighted by molar-refractivity contribution is -0.123. The number of halogens is 1. The molecule has 0 aromatic heterocycles. The summed E-state index contributed by atoms with van der Waals surface area (Å²) in [5.41, 5.74) is 3.31. The fourth-order valence-electron chi connectivity index (χ4n) is 4.07. The molecule has 4 rings (SSSR count). The van der Waals surface area contributed by atoms with Gasteiger partial charge in [-0.3, -0.25) is 4.79 Å². The third-order valence-corrected chi connectivity index (χ3v) is 5.35. The minimum atomic E-state index is -0.972. The second-order valence-electron chi connectivity index (χ2n) is 6.84. The summed E-state index contributed by atoms with van der Waals surface area (Å²) in [5, 5.41) is 13.0. The fourth-order valence-corrected chi connectivity index (χ4v) is 4.07. The number of aliphatic hydroxyl groups excluding tert-OH is 1. The lowest BCUT2D eigenvalue weighted by Gasteiger charge is -2.12. The fraction of sp³-hybridized carbons (Fsp3) is 0.350. The van der Waals surface area contributed by atoms with Crippen molar-refractivity contribution >= 4 is 5.91 Å². The highest BCUT2D eigenvalue weighted by molar-refractivity contribution is 5.76. The maximum atomic E-state index is 13.2. The topological polar surface area (TPSA) is 49.3 Å². The van der Waals surface area contributed by atoms with Crippen molar-refractivity contribution < 1.29 is 14.3 Å². The van der Waals surface area contributed by atoms with Crippen molar-refractivity contribution in [3.8, 4) is 0 Å². The summed E-state index contributed by atoms with van der Waals surface area (Å²) >= 11 is 0. The molecule has 0 saturated heterocycles. The predicted molar refractivity (Wildman–Crippen MR) is 88.9 cm³/mol. The van der Waals surface area contributed by atoms with Gasteiger partial charge in [-0.05, 0) is 53.0 Å². The summed E-state index contributed by atoms with van der Waals surface area (Å²) in [6.45, 7) is 0.651. The number of carbonyl (C=O) groups excluding carboxylic acids is 1. The van der Waals surface area contributed by atoms with Gasteiger partial charge in [-0.1, -0.05) is 36.4 Å². The number of aliphatic hydroxyl groups is 1. The van der Waals surface area contributed by atoms with Crippen molar-refractivity contribution in [3.05, 3.63) is 71.0 Å². The van der Waals surface area contributed by atoms with E-state index in [1.807, 2.05) is 0 Å². The lowest BCUT2D eigenvalue weighted by atomic mass is 10.0. The van der Waals surface area contributed by atoms with Gasteiger partial charge in [-0.15, -0.1) is 0 Å². The SMILES string of the molecule is O=C(CC(O)c1cccc(F)c1)NCC1C2Cc3ccccc3C12. The number of amides is 1. The molecule has 1 fully saturated rings. The summed E-state index contributed by atoms with van der Waals surface area (Å²) in [6, 6.07) is 14.3. The highest BCUT2D eigenvalue weighted by atomic mass is 19.1. The van der Waals surface area contributed by atoms with Gasteiger partial charge in [0.15, 0.2) is 0 Å². The van der Waals surface area contributed by atoms with E-state index in [2.05, 4.69) is 29.6 Å². The number of carbonyl (C=O) groups is 1. The van der Waals surface area contributed by atoms with Crippen LogP contribution in [0.5, 0.6) is 0 Å². The molecule has 2 aromatic rings. The molecule has 2 aliphatic rings. The molecular weight excluding hydrogens is 305 g/mol. The van der Waals surface area contributed by atoms with Crippen molar-refractivity contribution in [1.82, 2.24) is 5.32 Å². The molecule has 0 bridgehead atoms. The summed E-state index contributed by atoms with van der Waals surface area (Å²) in [7, 11) is 0. The van der Waals surface area contributed by atoms with Crippen molar-refractivity contribution in [1.29, 1.82) is 0 Å². The van der Waals surface area contributed by atoms with Crippen LogP contribution in [0, 0.1) is 17.7 Å². The summed E-state index contributed by atoms with van der Waals surface area (Å²) < 4.78 is 13.2. The van der Waals surface area contributed by atoms with Crippen molar-refractivity contribution in [2.24, 2.45) is 11.8 Å². The average Bonchev–Trinajstić information content (AvgIpc) is 3.11. The van der Waals surface area contributed by atoms with Crippen LogP contribution in [0.3, 0.4) is 0 Å². The number of hydrogen-bond acceptors (Lipinski definition) is 2. The van der Waals surface area contributed by atoms with Crippen molar-refractivity contribution in [2.75, 3.05) is 6.54 Å². The first-order chi connectivity index (χ1) is 11.6. The molecule has 0 radical (unpaired) electrons.